The Morgan fingerprint density at radius 3 is 2.28 bits per heavy atom. The lowest BCUT2D eigenvalue weighted by Crippen LogP contribution is -2.34. The van der Waals surface area contributed by atoms with E-state index in [1.54, 1.807) is 0 Å². The molecule has 0 unspecified atom stereocenters. The second-order valence-corrected chi connectivity index (χ2v) is 4.96. The predicted octanol–water partition coefficient (Wildman–Crippen LogP) is 2.91. The van der Waals surface area contributed by atoms with E-state index in [2.05, 4.69) is 4.90 Å². The monoisotopic (exact) mass is 253 g/mol. The van der Waals surface area contributed by atoms with E-state index in [0.717, 1.165) is 18.9 Å². The van der Waals surface area contributed by atoms with Crippen molar-refractivity contribution < 1.29 is 13.6 Å². The van der Waals surface area contributed by atoms with Gasteiger partial charge in [-0.3, -0.25) is 9.69 Å². The number of benzene rings is 1. The summed E-state index contributed by atoms with van der Waals surface area (Å²) in [6, 6.07) is 3.92. The van der Waals surface area contributed by atoms with E-state index in [0.29, 0.717) is 36.8 Å². The van der Waals surface area contributed by atoms with E-state index in [1.165, 1.54) is 12.1 Å². The molecule has 2 nitrogen and oxygen atoms in total. The van der Waals surface area contributed by atoms with Crippen molar-refractivity contribution in [2.45, 2.75) is 38.3 Å². The van der Waals surface area contributed by atoms with Crippen LogP contribution >= 0.6 is 0 Å². The number of rotatable bonds is 3. The van der Waals surface area contributed by atoms with Crippen molar-refractivity contribution in [2.75, 3.05) is 7.05 Å². The fourth-order valence-electron chi connectivity index (χ4n) is 2.48. The summed E-state index contributed by atoms with van der Waals surface area (Å²) >= 11 is 0. The van der Waals surface area contributed by atoms with Gasteiger partial charge in [-0.25, -0.2) is 8.78 Å². The summed E-state index contributed by atoms with van der Waals surface area (Å²) in [4.78, 5) is 13.2. The Bertz CT molecular complexity index is 417. The molecule has 0 bridgehead atoms. The molecule has 0 aliphatic heterocycles. The van der Waals surface area contributed by atoms with Gasteiger partial charge in [0.2, 0.25) is 0 Å². The van der Waals surface area contributed by atoms with Crippen molar-refractivity contribution in [1.82, 2.24) is 4.90 Å². The fraction of sp³-hybridized carbons (Fsp3) is 0.500. The normalized spacial score (nSPS) is 17.4. The predicted molar refractivity (Wildman–Crippen MR) is 65.1 cm³/mol. The molecule has 1 aromatic rings. The Morgan fingerprint density at radius 1 is 1.17 bits per heavy atom. The first-order chi connectivity index (χ1) is 8.54. The Morgan fingerprint density at radius 2 is 1.72 bits per heavy atom. The molecule has 0 N–H and O–H groups in total. The summed E-state index contributed by atoms with van der Waals surface area (Å²) in [6.07, 6.45) is 2.92. The highest BCUT2D eigenvalue weighted by molar-refractivity contribution is 5.79. The van der Waals surface area contributed by atoms with E-state index in [1.807, 2.05) is 7.05 Å². The number of hydrogen-bond donors (Lipinski definition) is 0. The first kappa shape index (κ1) is 13.1. The van der Waals surface area contributed by atoms with E-state index in [4.69, 9.17) is 0 Å². The summed E-state index contributed by atoms with van der Waals surface area (Å²) in [5.41, 5.74) is 0.631. The van der Waals surface area contributed by atoms with Gasteiger partial charge in [0, 0.05) is 31.5 Å². The van der Waals surface area contributed by atoms with Crippen LogP contribution in [0.15, 0.2) is 18.2 Å². The van der Waals surface area contributed by atoms with Gasteiger partial charge in [0.05, 0.1) is 0 Å². The van der Waals surface area contributed by atoms with Crippen LogP contribution in [-0.2, 0) is 11.3 Å². The van der Waals surface area contributed by atoms with Crippen LogP contribution in [0.25, 0.3) is 0 Å². The van der Waals surface area contributed by atoms with Crippen molar-refractivity contribution in [3.8, 4) is 0 Å². The van der Waals surface area contributed by atoms with Gasteiger partial charge in [-0.15, -0.1) is 0 Å². The third-order valence-corrected chi connectivity index (χ3v) is 3.49. The Hall–Kier alpha value is -1.29. The molecule has 2 rings (SSSR count). The van der Waals surface area contributed by atoms with Gasteiger partial charge in [-0.1, -0.05) is 0 Å². The van der Waals surface area contributed by atoms with Gasteiger partial charge in [0.15, 0.2) is 0 Å². The fourth-order valence-corrected chi connectivity index (χ4v) is 2.48. The van der Waals surface area contributed by atoms with Crippen molar-refractivity contribution in [2.24, 2.45) is 0 Å². The Labute approximate surface area is 106 Å². The minimum absolute atomic E-state index is 0.316. The van der Waals surface area contributed by atoms with Crippen LogP contribution in [0.2, 0.25) is 0 Å². The molecule has 18 heavy (non-hydrogen) atoms. The molecule has 0 spiro atoms. The molecule has 1 aromatic carbocycles. The van der Waals surface area contributed by atoms with Crippen molar-refractivity contribution in [3.63, 3.8) is 0 Å². The molecule has 0 amide bonds. The molecule has 0 aromatic heterocycles. The third-order valence-electron chi connectivity index (χ3n) is 3.49. The molecule has 0 radical (unpaired) electrons. The van der Waals surface area contributed by atoms with Crippen LogP contribution in [-0.4, -0.2) is 23.8 Å². The molecule has 1 aliphatic rings. The number of ketones is 1. The highest BCUT2D eigenvalue weighted by Crippen LogP contribution is 2.21. The SMILES string of the molecule is CN(Cc1cc(F)cc(F)c1)C1CCC(=O)CC1. The highest BCUT2D eigenvalue weighted by atomic mass is 19.1. The molecule has 1 saturated carbocycles. The number of nitrogens with zero attached hydrogens (tertiary/aromatic N) is 1. The molecular weight excluding hydrogens is 236 g/mol. The minimum Gasteiger partial charge on any atom is -0.300 e. The topological polar surface area (TPSA) is 20.3 Å². The van der Waals surface area contributed by atoms with Gasteiger partial charge < -0.3 is 0 Å². The summed E-state index contributed by atoms with van der Waals surface area (Å²) in [5.74, 6) is -0.772. The zero-order chi connectivity index (χ0) is 13.1. The standard InChI is InChI=1S/C14H17F2NO/c1-17(13-2-4-14(18)5-3-13)9-10-6-11(15)8-12(16)7-10/h6-8,13H,2-5,9H2,1H3. The summed E-state index contributed by atoms with van der Waals surface area (Å²) in [5, 5.41) is 0. The average molecular weight is 253 g/mol. The zero-order valence-electron chi connectivity index (χ0n) is 10.5. The number of Topliss-reactive ketones (excluding diaryl/α,β-unsaturated/α-hetero) is 1. The van der Waals surface area contributed by atoms with Crippen LogP contribution in [0, 0.1) is 11.6 Å². The van der Waals surface area contributed by atoms with E-state index < -0.39 is 11.6 Å². The molecular formula is C14H17F2NO. The molecule has 1 aliphatic carbocycles. The zero-order valence-corrected chi connectivity index (χ0v) is 10.5. The maximum atomic E-state index is 13.1. The maximum absolute atomic E-state index is 13.1. The lowest BCUT2D eigenvalue weighted by atomic mass is 9.93. The lowest BCUT2D eigenvalue weighted by molar-refractivity contribution is -0.121. The Kier molecular flexibility index (Phi) is 4.07. The maximum Gasteiger partial charge on any atom is 0.133 e. The average Bonchev–Trinajstić information content (AvgIpc) is 2.28. The second-order valence-electron chi connectivity index (χ2n) is 4.96. The van der Waals surface area contributed by atoms with Crippen molar-refractivity contribution in [1.29, 1.82) is 0 Å². The van der Waals surface area contributed by atoms with E-state index in [9.17, 15) is 13.6 Å². The quantitative estimate of drug-likeness (QED) is 0.825. The van der Waals surface area contributed by atoms with Gasteiger partial charge in [-0.05, 0) is 37.6 Å². The van der Waals surface area contributed by atoms with Gasteiger partial charge in [0.25, 0.3) is 0 Å². The lowest BCUT2D eigenvalue weighted by Gasteiger charge is -2.30. The largest absolute Gasteiger partial charge is 0.300 e. The Balaban J connectivity index is 1.98. The first-order valence-corrected chi connectivity index (χ1v) is 6.21. The van der Waals surface area contributed by atoms with Crippen LogP contribution in [0.3, 0.4) is 0 Å². The number of carbonyl (C=O) groups excluding carboxylic acids is 1. The summed E-state index contributed by atoms with van der Waals surface area (Å²) in [6.45, 7) is 0.507. The molecule has 4 heteroatoms. The second kappa shape index (κ2) is 5.57. The van der Waals surface area contributed by atoms with Gasteiger partial charge in [-0.2, -0.15) is 0 Å². The molecule has 98 valence electrons. The van der Waals surface area contributed by atoms with Crippen molar-refractivity contribution in [3.05, 3.63) is 35.4 Å². The highest BCUT2D eigenvalue weighted by Gasteiger charge is 2.22. The molecule has 0 saturated heterocycles. The van der Waals surface area contributed by atoms with E-state index in [-0.39, 0.29) is 0 Å². The molecule has 0 atom stereocenters. The van der Waals surface area contributed by atoms with E-state index >= 15 is 0 Å². The van der Waals surface area contributed by atoms with Crippen molar-refractivity contribution >= 4 is 5.78 Å². The van der Waals surface area contributed by atoms with Crippen LogP contribution in [0.1, 0.15) is 31.2 Å². The molecule has 1 fully saturated rings. The van der Waals surface area contributed by atoms with Crippen LogP contribution in [0.4, 0.5) is 8.78 Å². The molecule has 0 heterocycles. The van der Waals surface area contributed by atoms with Crippen LogP contribution < -0.4 is 0 Å². The first-order valence-electron chi connectivity index (χ1n) is 6.21. The smallest absolute Gasteiger partial charge is 0.133 e. The number of halogens is 2. The van der Waals surface area contributed by atoms with Crippen LogP contribution in [0.5, 0.6) is 0 Å². The number of carbonyl (C=O) groups is 1. The van der Waals surface area contributed by atoms with Gasteiger partial charge >= 0.3 is 0 Å². The minimum atomic E-state index is -0.544. The summed E-state index contributed by atoms with van der Waals surface area (Å²) in [7, 11) is 1.93. The third kappa shape index (κ3) is 3.35. The summed E-state index contributed by atoms with van der Waals surface area (Å²) < 4.78 is 26.1. The number of hydrogen-bond acceptors (Lipinski definition) is 2. The van der Waals surface area contributed by atoms with Gasteiger partial charge in [0.1, 0.15) is 17.4 Å².